The van der Waals surface area contributed by atoms with Crippen molar-refractivity contribution in [2.45, 2.75) is 25.7 Å². The van der Waals surface area contributed by atoms with Gasteiger partial charge in [-0.2, -0.15) is 0 Å². The summed E-state index contributed by atoms with van der Waals surface area (Å²) in [5, 5.41) is 13.3. The highest BCUT2D eigenvalue weighted by Crippen LogP contribution is 2.17. The van der Waals surface area contributed by atoms with Crippen LogP contribution in [0.25, 0.3) is 0 Å². The first-order chi connectivity index (χ1) is 28.5. The van der Waals surface area contributed by atoms with Crippen LogP contribution in [-0.2, 0) is 56.8 Å². The lowest BCUT2D eigenvalue weighted by Crippen LogP contribution is -2.29. The molecule has 1 rings (SSSR count). The molecule has 0 aromatic heterocycles. The molecule has 58 heavy (non-hydrogen) atoms. The fourth-order valence-corrected chi connectivity index (χ4v) is 4.34. The minimum atomic E-state index is -0.932. The average Bonchev–Trinajstić information content (AvgIpc) is 3.22. The number of alkyl halides is 1. The number of nitro groups is 1. The second kappa shape index (κ2) is 41.9. The number of halogens is 1. The third-order valence-electron chi connectivity index (χ3n) is 7.04. The van der Waals surface area contributed by atoms with Crippen LogP contribution in [0.1, 0.15) is 25.7 Å². The molecule has 0 bridgehead atoms. The topological polar surface area (TPSA) is 209 Å². The van der Waals surface area contributed by atoms with Gasteiger partial charge in [-0.1, -0.05) is 25.0 Å². The summed E-state index contributed by atoms with van der Waals surface area (Å²) in [6.45, 7) is 8.90. The van der Waals surface area contributed by atoms with E-state index in [-0.39, 0.29) is 37.9 Å². The maximum Gasteiger partial charge on any atom is 0.513 e. The zero-order chi connectivity index (χ0) is 41.8. The molecule has 0 spiro atoms. The molecule has 0 saturated carbocycles. The molecule has 0 aliphatic carbocycles. The van der Waals surface area contributed by atoms with Gasteiger partial charge in [0.25, 0.3) is 5.69 Å². The molecule has 1 N–H and O–H groups in total. The Labute approximate surface area is 346 Å². The Morgan fingerprint density at radius 2 is 0.948 bits per heavy atom. The van der Waals surface area contributed by atoms with E-state index in [0.29, 0.717) is 125 Å². The zero-order valence-electron chi connectivity index (χ0n) is 33.5. The fourth-order valence-electron chi connectivity index (χ4n) is 4.15. The minimum Gasteiger partial charge on any atom is -0.447 e. The van der Waals surface area contributed by atoms with Crippen LogP contribution in [0, 0.1) is 10.1 Å². The van der Waals surface area contributed by atoms with Gasteiger partial charge >= 0.3 is 12.2 Å². The van der Waals surface area contributed by atoms with Gasteiger partial charge in [0.15, 0.2) is 0 Å². The van der Waals surface area contributed by atoms with E-state index in [9.17, 15) is 19.7 Å². The Hall–Kier alpha value is -3.21. The van der Waals surface area contributed by atoms with Crippen LogP contribution in [0.5, 0.6) is 5.75 Å². The third-order valence-corrected chi connectivity index (χ3v) is 7.31. The van der Waals surface area contributed by atoms with E-state index in [2.05, 4.69) is 5.32 Å². The number of amides is 1. The van der Waals surface area contributed by atoms with E-state index in [4.69, 9.17) is 73.2 Å². The summed E-state index contributed by atoms with van der Waals surface area (Å²) in [6.07, 6.45) is 6.63. The number of nitrogens with one attached hydrogen (secondary N) is 1. The Kier molecular flexibility index (Phi) is 38.2. The summed E-state index contributed by atoms with van der Waals surface area (Å²) in [5.74, 6) is 0.848. The van der Waals surface area contributed by atoms with E-state index >= 15 is 0 Å². The van der Waals surface area contributed by atoms with Crippen molar-refractivity contribution in [2.24, 2.45) is 0 Å². The lowest BCUT2D eigenvalue weighted by molar-refractivity contribution is -0.384. The number of carbonyl (C=O) groups excluding carboxylic acids is 2. The van der Waals surface area contributed by atoms with E-state index in [0.717, 1.165) is 32.3 Å². The first kappa shape index (κ1) is 52.8. The summed E-state index contributed by atoms with van der Waals surface area (Å²) in [4.78, 5) is 33.4. The largest absolute Gasteiger partial charge is 0.513 e. The molecule has 19 nitrogen and oxygen atoms in total. The SMILES string of the molecule is O=C(NCCOCCOCCCCCCCl)OCCOCCOCCOCCOC/C=C/COCCOCCOCCOCCOC(=O)Oc1ccc([N+](=O)[O-])cc1. The van der Waals surface area contributed by atoms with Gasteiger partial charge in [-0.05, 0) is 25.0 Å². The highest BCUT2D eigenvalue weighted by Gasteiger charge is 2.09. The van der Waals surface area contributed by atoms with Crippen LogP contribution in [0.3, 0.4) is 0 Å². The number of carbonyl (C=O) groups is 2. The van der Waals surface area contributed by atoms with E-state index in [1.165, 1.54) is 24.3 Å². The molecule has 0 heterocycles. The van der Waals surface area contributed by atoms with Crippen LogP contribution in [-0.4, -0.2) is 175 Å². The van der Waals surface area contributed by atoms with Gasteiger partial charge in [-0.15, -0.1) is 11.6 Å². The number of unbranched alkanes of at least 4 members (excludes halogenated alkanes) is 3. The molecule has 1 aromatic rings. The van der Waals surface area contributed by atoms with Crippen molar-refractivity contribution >= 4 is 29.5 Å². The summed E-state index contributed by atoms with van der Waals surface area (Å²) >= 11 is 5.65. The smallest absolute Gasteiger partial charge is 0.447 e. The number of benzene rings is 1. The standard InChI is InChI=1S/C38H63ClN2O17/c39-11-3-1-2-4-13-46-17-20-49-16-12-40-37(42)56-33-31-54-29-27-52-25-23-50-21-18-47-14-5-6-15-48-19-22-51-24-26-53-28-30-55-32-34-57-38(43)58-36-9-7-35(8-10-36)41(44)45/h5-10H,1-4,11-34H2,(H,40,42)/b6-5+. The van der Waals surface area contributed by atoms with Gasteiger partial charge in [-0.25, -0.2) is 9.59 Å². The lowest BCUT2D eigenvalue weighted by atomic mass is 10.2. The molecular formula is C38H63ClN2O17. The fraction of sp³-hybridized carbons (Fsp3) is 0.737. The number of hydrogen-bond donors (Lipinski definition) is 1. The number of non-ortho nitro benzene ring substituents is 1. The Balaban J connectivity index is 1.70. The summed E-state index contributed by atoms with van der Waals surface area (Å²) in [7, 11) is 0. The van der Waals surface area contributed by atoms with Crippen molar-refractivity contribution in [1.29, 1.82) is 0 Å². The van der Waals surface area contributed by atoms with Crippen molar-refractivity contribution in [1.82, 2.24) is 5.32 Å². The van der Waals surface area contributed by atoms with Crippen LogP contribution in [0.15, 0.2) is 36.4 Å². The summed E-state index contributed by atoms with van der Waals surface area (Å²) < 4.78 is 69.2. The van der Waals surface area contributed by atoms with E-state index in [1.54, 1.807) is 0 Å². The Morgan fingerprint density at radius 3 is 1.43 bits per heavy atom. The van der Waals surface area contributed by atoms with Gasteiger partial charge in [0.05, 0.1) is 130 Å². The second-order valence-corrected chi connectivity index (χ2v) is 12.0. The number of rotatable bonds is 42. The molecule has 0 fully saturated rings. The van der Waals surface area contributed by atoms with Crippen LogP contribution < -0.4 is 10.1 Å². The van der Waals surface area contributed by atoms with Crippen molar-refractivity contribution in [3.8, 4) is 5.75 Å². The van der Waals surface area contributed by atoms with Gasteiger partial charge in [0.1, 0.15) is 19.0 Å². The first-order valence-corrected chi connectivity index (χ1v) is 20.0. The maximum atomic E-state index is 11.7. The molecule has 334 valence electrons. The first-order valence-electron chi connectivity index (χ1n) is 19.5. The molecular weight excluding hydrogens is 792 g/mol. The molecule has 0 unspecified atom stereocenters. The number of alkyl carbamates (subject to hydrolysis) is 1. The monoisotopic (exact) mass is 854 g/mol. The number of hydrogen-bond acceptors (Lipinski definition) is 17. The Bertz CT molecular complexity index is 1140. The summed E-state index contributed by atoms with van der Waals surface area (Å²) in [6, 6.07) is 5.06. The quantitative estimate of drug-likeness (QED) is 0.0184. The van der Waals surface area contributed by atoms with Gasteiger partial charge in [-0.3, -0.25) is 10.1 Å². The average molecular weight is 855 g/mol. The lowest BCUT2D eigenvalue weighted by Gasteiger charge is -2.09. The van der Waals surface area contributed by atoms with Gasteiger partial charge in [0.2, 0.25) is 0 Å². The molecule has 0 saturated heterocycles. The highest BCUT2D eigenvalue weighted by atomic mass is 35.5. The maximum absolute atomic E-state index is 11.7. The van der Waals surface area contributed by atoms with E-state index < -0.39 is 17.2 Å². The van der Waals surface area contributed by atoms with E-state index in [1.807, 2.05) is 12.2 Å². The predicted molar refractivity (Wildman–Crippen MR) is 211 cm³/mol. The van der Waals surface area contributed by atoms with Crippen molar-refractivity contribution in [2.75, 3.05) is 158 Å². The molecule has 0 aliphatic rings. The molecule has 1 amide bonds. The van der Waals surface area contributed by atoms with Crippen LogP contribution >= 0.6 is 11.6 Å². The molecule has 1 aromatic carbocycles. The molecule has 0 aliphatic heterocycles. The van der Waals surface area contributed by atoms with Crippen LogP contribution in [0.2, 0.25) is 0 Å². The molecule has 0 radical (unpaired) electrons. The number of nitrogens with zero attached hydrogens (tertiary/aromatic N) is 1. The highest BCUT2D eigenvalue weighted by molar-refractivity contribution is 6.17. The molecule has 0 atom stereocenters. The number of nitro benzene ring substituents is 1. The predicted octanol–water partition coefficient (Wildman–Crippen LogP) is 4.36. The summed E-state index contributed by atoms with van der Waals surface area (Å²) in [5.41, 5.74) is -0.110. The third kappa shape index (κ3) is 37.1. The zero-order valence-corrected chi connectivity index (χ0v) is 34.3. The van der Waals surface area contributed by atoms with Crippen molar-refractivity contribution in [3.05, 3.63) is 46.5 Å². The minimum absolute atomic E-state index is 0.0146. The second-order valence-electron chi connectivity index (χ2n) is 11.6. The van der Waals surface area contributed by atoms with Crippen molar-refractivity contribution < 1.29 is 76.1 Å². The number of ether oxygens (including phenoxy) is 13. The van der Waals surface area contributed by atoms with Crippen LogP contribution in [0.4, 0.5) is 15.3 Å². The van der Waals surface area contributed by atoms with Crippen molar-refractivity contribution in [3.63, 3.8) is 0 Å². The Morgan fingerprint density at radius 1 is 0.534 bits per heavy atom. The normalized spacial score (nSPS) is 11.3. The molecule has 20 heteroatoms. The van der Waals surface area contributed by atoms with Gasteiger partial charge in [0, 0.05) is 31.2 Å². The van der Waals surface area contributed by atoms with Gasteiger partial charge < -0.3 is 66.9 Å².